The fourth-order valence-corrected chi connectivity index (χ4v) is 3.30. The maximum atomic E-state index is 13.5. The second-order valence-corrected chi connectivity index (χ2v) is 6.43. The first-order chi connectivity index (χ1) is 8.99. The Balaban J connectivity index is 2.09. The molecule has 1 unspecified atom stereocenters. The maximum absolute atomic E-state index is 13.5. The molecular formula is C13H17FN2O2S. The van der Waals surface area contributed by atoms with Gasteiger partial charge < -0.3 is 5.73 Å². The molecule has 0 aliphatic heterocycles. The third-order valence-electron chi connectivity index (χ3n) is 3.18. The monoisotopic (exact) mass is 284 g/mol. The molecule has 6 heteroatoms. The molecule has 1 aromatic carbocycles. The third kappa shape index (κ3) is 3.54. The van der Waals surface area contributed by atoms with E-state index in [0.717, 1.165) is 31.4 Å². The fourth-order valence-electron chi connectivity index (χ4n) is 2.07. The van der Waals surface area contributed by atoms with Crippen molar-refractivity contribution in [2.45, 2.75) is 24.2 Å². The summed E-state index contributed by atoms with van der Waals surface area (Å²) >= 11 is 0. The van der Waals surface area contributed by atoms with Crippen LogP contribution >= 0.6 is 0 Å². The minimum Gasteiger partial charge on any atom is -0.399 e. The van der Waals surface area contributed by atoms with Crippen LogP contribution in [0.15, 0.2) is 35.2 Å². The lowest BCUT2D eigenvalue weighted by Gasteiger charge is -2.18. The van der Waals surface area contributed by atoms with Gasteiger partial charge in [0.1, 0.15) is 10.7 Å². The van der Waals surface area contributed by atoms with Crippen molar-refractivity contribution in [1.82, 2.24) is 4.72 Å². The van der Waals surface area contributed by atoms with E-state index in [4.69, 9.17) is 5.73 Å². The average molecular weight is 284 g/mol. The van der Waals surface area contributed by atoms with E-state index in [2.05, 4.69) is 10.8 Å². The zero-order chi connectivity index (χ0) is 13.9. The van der Waals surface area contributed by atoms with Gasteiger partial charge in [-0.25, -0.2) is 17.5 Å². The molecule has 1 aromatic rings. The van der Waals surface area contributed by atoms with E-state index < -0.39 is 15.8 Å². The summed E-state index contributed by atoms with van der Waals surface area (Å²) in [6.45, 7) is 0.320. The van der Waals surface area contributed by atoms with Gasteiger partial charge in [-0.15, -0.1) is 0 Å². The number of benzene rings is 1. The molecule has 0 amide bonds. The first-order valence-corrected chi connectivity index (χ1v) is 7.67. The van der Waals surface area contributed by atoms with E-state index in [1.807, 2.05) is 6.08 Å². The first kappa shape index (κ1) is 14.0. The highest BCUT2D eigenvalue weighted by atomic mass is 32.2. The Morgan fingerprint density at radius 3 is 2.84 bits per heavy atom. The molecule has 0 bridgehead atoms. The summed E-state index contributed by atoms with van der Waals surface area (Å²) < 4.78 is 40.0. The summed E-state index contributed by atoms with van der Waals surface area (Å²) in [5.41, 5.74) is 5.72. The molecule has 0 heterocycles. The van der Waals surface area contributed by atoms with E-state index in [1.165, 1.54) is 6.07 Å². The highest BCUT2D eigenvalue weighted by Gasteiger charge is 2.21. The molecule has 0 aromatic heterocycles. The van der Waals surface area contributed by atoms with Gasteiger partial charge in [0.25, 0.3) is 0 Å². The second kappa shape index (κ2) is 5.71. The van der Waals surface area contributed by atoms with Gasteiger partial charge in [-0.3, -0.25) is 0 Å². The van der Waals surface area contributed by atoms with Crippen molar-refractivity contribution in [3.05, 3.63) is 36.2 Å². The van der Waals surface area contributed by atoms with Gasteiger partial charge in [-0.2, -0.15) is 0 Å². The van der Waals surface area contributed by atoms with Crippen LogP contribution in [-0.4, -0.2) is 15.0 Å². The van der Waals surface area contributed by atoms with Crippen LogP contribution < -0.4 is 10.5 Å². The minimum atomic E-state index is -3.84. The quantitative estimate of drug-likeness (QED) is 0.656. The lowest BCUT2D eigenvalue weighted by atomic mass is 9.95. The Labute approximate surface area is 112 Å². The Bertz CT molecular complexity index is 584. The lowest BCUT2D eigenvalue weighted by molar-refractivity contribution is 0.466. The Morgan fingerprint density at radius 2 is 2.16 bits per heavy atom. The smallest absolute Gasteiger partial charge is 0.243 e. The highest BCUT2D eigenvalue weighted by Crippen LogP contribution is 2.20. The van der Waals surface area contributed by atoms with E-state index in [0.29, 0.717) is 6.54 Å². The molecule has 0 radical (unpaired) electrons. The molecule has 19 heavy (non-hydrogen) atoms. The molecule has 2 rings (SSSR count). The molecule has 0 saturated carbocycles. The normalized spacial score (nSPS) is 19.5. The van der Waals surface area contributed by atoms with E-state index in [1.54, 1.807) is 0 Å². The van der Waals surface area contributed by atoms with E-state index in [9.17, 15) is 12.8 Å². The number of sulfonamides is 1. The largest absolute Gasteiger partial charge is 0.399 e. The van der Waals surface area contributed by atoms with Gasteiger partial charge >= 0.3 is 0 Å². The molecule has 1 aliphatic rings. The number of anilines is 1. The van der Waals surface area contributed by atoms with Crippen LogP contribution in [0.25, 0.3) is 0 Å². The predicted molar refractivity (Wildman–Crippen MR) is 72.5 cm³/mol. The molecule has 0 saturated heterocycles. The zero-order valence-corrected chi connectivity index (χ0v) is 11.3. The van der Waals surface area contributed by atoms with Crippen LogP contribution in [-0.2, 0) is 10.0 Å². The van der Waals surface area contributed by atoms with Crippen molar-refractivity contribution in [2.24, 2.45) is 5.92 Å². The van der Waals surface area contributed by atoms with Gasteiger partial charge in [-0.05, 0) is 43.4 Å². The lowest BCUT2D eigenvalue weighted by Crippen LogP contribution is -2.30. The van der Waals surface area contributed by atoms with E-state index in [-0.39, 0.29) is 16.5 Å². The van der Waals surface area contributed by atoms with Crippen molar-refractivity contribution in [2.75, 3.05) is 12.3 Å². The summed E-state index contributed by atoms with van der Waals surface area (Å²) in [6, 6.07) is 3.53. The second-order valence-electron chi connectivity index (χ2n) is 4.69. The molecule has 3 N–H and O–H groups in total. The van der Waals surface area contributed by atoms with Crippen LogP contribution in [0.1, 0.15) is 19.3 Å². The van der Waals surface area contributed by atoms with Crippen LogP contribution in [0, 0.1) is 11.7 Å². The molecule has 1 aliphatic carbocycles. The summed E-state index contributed by atoms with van der Waals surface area (Å²) in [7, 11) is -3.84. The number of nitrogens with two attached hydrogens (primary N) is 1. The third-order valence-corrected chi connectivity index (χ3v) is 4.62. The zero-order valence-electron chi connectivity index (χ0n) is 10.5. The summed E-state index contributed by atoms with van der Waals surface area (Å²) in [5, 5.41) is 0. The number of halogens is 1. The van der Waals surface area contributed by atoms with Crippen molar-refractivity contribution in [3.63, 3.8) is 0 Å². The topological polar surface area (TPSA) is 72.2 Å². The number of nitrogens with one attached hydrogen (secondary N) is 1. The average Bonchev–Trinajstić information content (AvgIpc) is 2.40. The Kier molecular flexibility index (Phi) is 4.21. The van der Waals surface area contributed by atoms with Crippen molar-refractivity contribution < 1.29 is 12.8 Å². The highest BCUT2D eigenvalue weighted by molar-refractivity contribution is 7.89. The molecule has 104 valence electrons. The number of hydrogen-bond acceptors (Lipinski definition) is 3. The molecular weight excluding hydrogens is 267 g/mol. The summed E-state index contributed by atoms with van der Waals surface area (Å²) in [6.07, 6.45) is 6.88. The van der Waals surface area contributed by atoms with Crippen molar-refractivity contribution >= 4 is 15.7 Å². The minimum absolute atomic E-state index is 0.224. The van der Waals surface area contributed by atoms with E-state index >= 15 is 0 Å². The molecule has 4 nitrogen and oxygen atoms in total. The molecule has 0 fully saturated rings. The van der Waals surface area contributed by atoms with Crippen LogP contribution in [0.4, 0.5) is 10.1 Å². The summed E-state index contributed by atoms with van der Waals surface area (Å²) in [4.78, 5) is -0.390. The summed E-state index contributed by atoms with van der Waals surface area (Å²) in [5.74, 6) is -0.519. The van der Waals surface area contributed by atoms with Crippen LogP contribution in [0.5, 0.6) is 0 Å². The van der Waals surface area contributed by atoms with Crippen LogP contribution in [0.3, 0.4) is 0 Å². The van der Waals surface area contributed by atoms with Gasteiger partial charge in [0.15, 0.2) is 0 Å². The number of hydrogen-bond donors (Lipinski definition) is 2. The maximum Gasteiger partial charge on any atom is 0.243 e. The number of rotatable bonds is 4. The first-order valence-electron chi connectivity index (χ1n) is 6.19. The number of nitrogen functional groups attached to an aromatic ring is 1. The molecule has 0 spiro atoms. The standard InChI is InChI=1S/C13H17FN2O2S/c14-12-7-6-11(15)8-13(12)19(17,18)16-9-10-4-2-1-3-5-10/h1-2,6-8,10,16H,3-5,9,15H2. The van der Waals surface area contributed by atoms with Crippen LogP contribution in [0.2, 0.25) is 0 Å². The fraction of sp³-hybridized carbons (Fsp3) is 0.385. The Hall–Kier alpha value is -1.40. The predicted octanol–water partition coefficient (Wildman–Crippen LogP) is 2.04. The van der Waals surface area contributed by atoms with Gasteiger partial charge in [0, 0.05) is 12.2 Å². The van der Waals surface area contributed by atoms with Gasteiger partial charge in [-0.1, -0.05) is 12.2 Å². The molecule has 1 atom stereocenters. The van der Waals surface area contributed by atoms with Crippen molar-refractivity contribution in [3.8, 4) is 0 Å². The SMILES string of the molecule is Nc1ccc(F)c(S(=O)(=O)NCC2CC=CCC2)c1. The van der Waals surface area contributed by atoms with Gasteiger partial charge in [0.2, 0.25) is 10.0 Å². The van der Waals surface area contributed by atoms with Crippen molar-refractivity contribution in [1.29, 1.82) is 0 Å². The van der Waals surface area contributed by atoms with Gasteiger partial charge in [0.05, 0.1) is 0 Å². The number of allylic oxidation sites excluding steroid dienone is 2. The Morgan fingerprint density at radius 1 is 1.37 bits per heavy atom.